The third kappa shape index (κ3) is 7.97. The second-order valence-corrected chi connectivity index (χ2v) is 4.41. The summed E-state index contributed by atoms with van der Waals surface area (Å²) in [5.74, 6) is -1.06. The van der Waals surface area contributed by atoms with Gasteiger partial charge in [0.2, 0.25) is 0 Å². The number of carbonyl (C=O) groups is 2. The minimum absolute atomic E-state index is 0.112. The van der Waals surface area contributed by atoms with Crippen LogP contribution in [0.15, 0.2) is 30.3 Å². The normalized spacial score (nSPS) is 10.1. The summed E-state index contributed by atoms with van der Waals surface area (Å²) in [6, 6.07) is 10.1. The lowest BCUT2D eigenvalue weighted by atomic mass is 10.1. The molecule has 0 amide bonds. The SMILES string of the molecule is O=C(O)CCCCC(=O)OCCCc1ccccc1. The van der Waals surface area contributed by atoms with Crippen LogP contribution in [0, 0.1) is 0 Å². The van der Waals surface area contributed by atoms with E-state index in [1.54, 1.807) is 0 Å². The Morgan fingerprint density at radius 1 is 1.00 bits per heavy atom. The van der Waals surface area contributed by atoms with E-state index >= 15 is 0 Å². The number of rotatable bonds is 9. The van der Waals surface area contributed by atoms with Crippen LogP contribution in [-0.2, 0) is 20.7 Å². The van der Waals surface area contributed by atoms with Crippen molar-refractivity contribution in [1.82, 2.24) is 0 Å². The number of ether oxygens (including phenoxy) is 1. The summed E-state index contributed by atoms with van der Waals surface area (Å²) in [7, 11) is 0. The molecular formula is C15H20O4. The van der Waals surface area contributed by atoms with Gasteiger partial charge >= 0.3 is 11.9 Å². The number of esters is 1. The number of benzene rings is 1. The van der Waals surface area contributed by atoms with Crippen molar-refractivity contribution in [3.05, 3.63) is 35.9 Å². The summed E-state index contributed by atoms with van der Waals surface area (Å²) in [4.78, 5) is 21.6. The quantitative estimate of drug-likeness (QED) is 0.550. The van der Waals surface area contributed by atoms with Crippen molar-refractivity contribution in [3.63, 3.8) is 0 Å². The first-order valence-corrected chi connectivity index (χ1v) is 6.60. The van der Waals surface area contributed by atoms with Crippen LogP contribution in [-0.4, -0.2) is 23.7 Å². The van der Waals surface area contributed by atoms with E-state index in [1.807, 2.05) is 30.3 Å². The fraction of sp³-hybridized carbons (Fsp3) is 0.467. The van der Waals surface area contributed by atoms with Gasteiger partial charge in [-0.05, 0) is 31.2 Å². The van der Waals surface area contributed by atoms with Crippen LogP contribution >= 0.6 is 0 Å². The lowest BCUT2D eigenvalue weighted by Crippen LogP contribution is -2.06. The number of aliphatic carboxylic acids is 1. The number of carboxylic acids is 1. The molecule has 0 radical (unpaired) electrons. The molecule has 19 heavy (non-hydrogen) atoms. The first-order chi connectivity index (χ1) is 9.18. The van der Waals surface area contributed by atoms with Crippen molar-refractivity contribution < 1.29 is 19.4 Å². The van der Waals surface area contributed by atoms with Crippen molar-refractivity contribution in [3.8, 4) is 0 Å². The Labute approximate surface area is 113 Å². The lowest BCUT2D eigenvalue weighted by Gasteiger charge is -2.04. The molecule has 104 valence electrons. The standard InChI is InChI=1S/C15H20O4/c16-14(17)10-4-5-11-15(18)19-12-6-9-13-7-2-1-3-8-13/h1-3,7-8H,4-6,9-12H2,(H,16,17). The maximum absolute atomic E-state index is 11.3. The Morgan fingerprint density at radius 2 is 1.68 bits per heavy atom. The van der Waals surface area contributed by atoms with E-state index in [1.165, 1.54) is 5.56 Å². The van der Waals surface area contributed by atoms with Gasteiger partial charge in [-0.25, -0.2) is 0 Å². The molecule has 0 atom stereocenters. The number of unbranched alkanes of at least 4 members (excludes halogenated alkanes) is 1. The van der Waals surface area contributed by atoms with E-state index < -0.39 is 5.97 Å². The van der Waals surface area contributed by atoms with Gasteiger partial charge in [0.15, 0.2) is 0 Å². The molecule has 0 saturated carbocycles. The zero-order valence-corrected chi connectivity index (χ0v) is 11.0. The highest BCUT2D eigenvalue weighted by Crippen LogP contribution is 2.04. The number of aryl methyl sites for hydroxylation is 1. The van der Waals surface area contributed by atoms with Crippen LogP contribution < -0.4 is 0 Å². The highest BCUT2D eigenvalue weighted by molar-refractivity contribution is 5.69. The van der Waals surface area contributed by atoms with Crippen LogP contribution in [0.1, 0.15) is 37.7 Å². The van der Waals surface area contributed by atoms with Crippen molar-refractivity contribution in [2.45, 2.75) is 38.5 Å². The van der Waals surface area contributed by atoms with Crippen LogP contribution in [0.5, 0.6) is 0 Å². The molecule has 0 fully saturated rings. The van der Waals surface area contributed by atoms with Crippen molar-refractivity contribution >= 4 is 11.9 Å². The molecule has 0 aromatic heterocycles. The lowest BCUT2D eigenvalue weighted by molar-refractivity contribution is -0.144. The summed E-state index contributed by atoms with van der Waals surface area (Å²) in [5, 5.41) is 8.44. The molecule has 1 rings (SSSR count). The molecule has 4 nitrogen and oxygen atoms in total. The highest BCUT2D eigenvalue weighted by Gasteiger charge is 2.04. The van der Waals surface area contributed by atoms with E-state index in [0.717, 1.165) is 12.8 Å². The van der Waals surface area contributed by atoms with Crippen LogP contribution in [0.4, 0.5) is 0 Å². The molecule has 1 aromatic rings. The molecule has 4 heteroatoms. The Morgan fingerprint density at radius 3 is 2.37 bits per heavy atom. The van der Waals surface area contributed by atoms with E-state index in [2.05, 4.69) is 0 Å². The summed E-state index contributed by atoms with van der Waals surface area (Å²) < 4.78 is 5.08. The third-order valence-electron chi connectivity index (χ3n) is 2.74. The molecule has 0 aliphatic rings. The Balaban J connectivity index is 2.00. The van der Waals surface area contributed by atoms with E-state index in [4.69, 9.17) is 9.84 Å². The van der Waals surface area contributed by atoms with Gasteiger partial charge in [0, 0.05) is 12.8 Å². The maximum Gasteiger partial charge on any atom is 0.305 e. The number of carbonyl (C=O) groups excluding carboxylic acids is 1. The average Bonchev–Trinajstić information content (AvgIpc) is 2.41. The number of carboxylic acid groups (broad SMARTS) is 1. The van der Waals surface area contributed by atoms with Gasteiger partial charge in [-0.1, -0.05) is 30.3 Å². The molecule has 0 aliphatic heterocycles. The summed E-state index contributed by atoms with van der Waals surface area (Å²) in [6.07, 6.45) is 3.22. The van der Waals surface area contributed by atoms with Crippen LogP contribution in [0.25, 0.3) is 0 Å². The predicted octanol–water partition coefficient (Wildman–Crippen LogP) is 2.81. The summed E-state index contributed by atoms with van der Waals surface area (Å²) in [6.45, 7) is 0.423. The molecular weight excluding hydrogens is 244 g/mol. The van der Waals surface area contributed by atoms with Gasteiger partial charge in [0.1, 0.15) is 0 Å². The molecule has 1 aromatic carbocycles. The molecule has 1 N–H and O–H groups in total. The fourth-order valence-electron chi connectivity index (χ4n) is 1.72. The summed E-state index contributed by atoms with van der Waals surface area (Å²) in [5.41, 5.74) is 1.24. The Bertz CT molecular complexity index is 386. The first kappa shape index (κ1) is 15.2. The zero-order chi connectivity index (χ0) is 13.9. The second-order valence-electron chi connectivity index (χ2n) is 4.41. The minimum Gasteiger partial charge on any atom is -0.481 e. The van der Waals surface area contributed by atoms with E-state index in [9.17, 15) is 9.59 Å². The van der Waals surface area contributed by atoms with Crippen LogP contribution in [0.2, 0.25) is 0 Å². The van der Waals surface area contributed by atoms with E-state index in [0.29, 0.717) is 25.9 Å². The maximum atomic E-state index is 11.3. The zero-order valence-electron chi connectivity index (χ0n) is 11.0. The topological polar surface area (TPSA) is 63.6 Å². The molecule has 0 bridgehead atoms. The van der Waals surface area contributed by atoms with E-state index in [-0.39, 0.29) is 12.4 Å². The van der Waals surface area contributed by atoms with Crippen molar-refractivity contribution in [1.29, 1.82) is 0 Å². The summed E-state index contributed by atoms with van der Waals surface area (Å²) >= 11 is 0. The van der Waals surface area contributed by atoms with Crippen molar-refractivity contribution in [2.24, 2.45) is 0 Å². The first-order valence-electron chi connectivity index (χ1n) is 6.60. The molecule has 0 spiro atoms. The molecule has 0 heterocycles. The van der Waals surface area contributed by atoms with Gasteiger partial charge in [-0.3, -0.25) is 9.59 Å². The molecule has 0 unspecified atom stereocenters. The van der Waals surface area contributed by atoms with Crippen LogP contribution in [0.3, 0.4) is 0 Å². The largest absolute Gasteiger partial charge is 0.481 e. The second kappa shape index (κ2) is 9.14. The van der Waals surface area contributed by atoms with Gasteiger partial charge in [-0.15, -0.1) is 0 Å². The number of hydrogen-bond donors (Lipinski definition) is 1. The van der Waals surface area contributed by atoms with Crippen molar-refractivity contribution in [2.75, 3.05) is 6.61 Å². The monoisotopic (exact) mass is 264 g/mol. The Kier molecular flexibility index (Phi) is 7.32. The average molecular weight is 264 g/mol. The number of hydrogen-bond acceptors (Lipinski definition) is 3. The highest BCUT2D eigenvalue weighted by atomic mass is 16.5. The van der Waals surface area contributed by atoms with Gasteiger partial charge < -0.3 is 9.84 Å². The predicted molar refractivity (Wildman–Crippen MR) is 71.8 cm³/mol. The third-order valence-corrected chi connectivity index (χ3v) is 2.74. The smallest absolute Gasteiger partial charge is 0.305 e. The van der Waals surface area contributed by atoms with Gasteiger partial charge in [0.25, 0.3) is 0 Å². The minimum atomic E-state index is -0.823. The Hall–Kier alpha value is -1.84. The molecule has 0 saturated heterocycles. The van der Waals surface area contributed by atoms with Gasteiger partial charge in [0.05, 0.1) is 6.61 Å². The molecule has 0 aliphatic carbocycles. The van der Waals surface area contributed by atoms with Gasteiger partial charge in [-0.2, -0.15) is 0 Å². The fourth-order valence-corrected chi connectivity index (χ4v) is 1.72.